The number of halogens is 2. The van der Waals surface area contributed by atoms with Gasteiger partial charge in [0, 0.05) is 45.6 Å². The molecule has 2 aliphatic rings. The lowest BCUT2D eigenvalue weighted by Crippen LogP contribution is -2.41. The van der Waals surface area contributed by atoms with Crippen molar-refractivity contribution in [3.63, 3.8) is 0 Å². The fourth-order valence-corrected chi connectivity index (χ4v) is 4.20. The van der Waals surface area contributed by atoms with Crippen LogP contribution in [0.25, 0.3) is 0 Å². The molecule has 2 fully saturated rings. The molecule has 2 aliphatic heterocycles. The molecule has 0 saturated carbocycles. The van der Waals surface area contributed by atoms with E-state index in [4.69, 9.17) is 0 Å². The van der Waals surface area contributed by atoms with Crippen LogP contribution in [0.15, 0.2) is 29.4 Å². The van der Waals surface area contributed by atoms with Gasteiger partial charge in [-0.15, -0.1) is 24.8 Å². The van der Waals surface area contributed by atoms with E-state index in [2.05, 4.69) is 10.3 Å². The van der Waals surface area contributed by atoms with Gasteiger partial charge in [-0.3, -0.25) is 9.78 Å². The molecule has 24 heavy (non-hydrogen) atoms. The molecule has 3 rings (SSSR count). The van der Waals surface area contributed by atoms with Crippen molar-refractivity contribution in [1.29, 1.82) is 0 Å². The molecular weight excluding hydrogens is 375 g/mol. The quantitative estimate of drug-likeness (QED) is 0.786. The Balaban J connectivity index is 0.00000144. The summed E-state index contributed by atoms with van der Waals surface area (Å²) in [4.78, 5) is 18.1. The van der Waals surface area contributed by atoms with Crippen molar-refractivity contribution in [2.75, 3.05) is 39.8 Å². The summed E-state index contributed by atoms with van der Waals surface area (Å²) in [6.45, 7) is 3.19. The molecule has 0 bridgehead atoms. The standard InChI is InChI=1S/C14H20N4O3S.2ClH/c1-17(22(20,21)13-3-2-4-15-7-13)10-14(19)18-8-11-5-16-6-12(11)9-18;;/h2-4,7,11-12,16H,5-6,8-10H2,1H3;2*1H/t11-,12+;;. The second kappa shape index (κ2) is 8.44. The van der Waals surface area contributed by atoms with Crippen molar-refractivity contribution >= 4 is 40.7 Å². The number of rotatable bonds is 4. The molecule has 1 aromatic heterocycles. The van der Waals surface area contributed by atoms with Crippen molar-refractivity contribution < 1.29 is 13.2 Å². The highest BCUT2D eigenvalue weighted by atomic mass is 35.5. The Morgan fingerprint density at radius 3 is 2.50 bits per heavy atom. The van der Waals surface area contributed by atoms with E-state index in [-0.39, 0.29) is 42.2 Å². The topological polar surface area (TPSA) is 82.6 Å². The lowest BCUT2D eigenvalue weighted by Gasteiger charge is -2.22. The number of fused-ring (bicyclic) bond motifs is 1. The summed E-state index contributed by atoms with van der Waals surface area (Å²) in [7, 11) is -2.24. The summed E-state index contributed by atoms with van der Waals surface area (Å²) >= 11 is 0. The number of nitrogens with one attached hydrogen (secondary N) is 1. The monoisotopic (exact) mass is 396 g/mol. The molecule has 2 atom stereocenters. The van der Waals surface area contributed by atoms with Crippen LogP contribution in [0.1, 0.15) is 0 Å². The number of aromatic nitrogens is 1. The first-order valence-corrected chi connectivity index (χ1v) is 8.77. The summed E-state index contributed by atoms with van der Waals surface area (Å²) in [5, 5.41) is 3.32. The van der Waals surface area contributed by atoms with E-state index in [0.29, 0.717) is 11.8 Å². The minimum Gasteiger partial charge on any atom is -0.341 e. The van der Waals surface area contributed by atoms with Crippen LogP contribution in [0.3, 0.4) is 0 Å². The van der Waals surface area contributed by atoms with Crippen LogP contribution in [0.2, 0.25) is 0 Å². The zero-order valence-corrected chi connectivity index (χ0v) is 15.7. The van der Waals surface area contributed by atoms with Gasteiger partial charge in [-0.05, 0) is 24.0 Å². The molecule has 2 saturated heterocycles. The van der Waals surface area contributed by atoms with E-state index < -0.39 is 10.0 Å². The molecule has 136 valence electrons. The summed E-state index contributed by atoms with van der Waals surface area (Å²) in [6, 6.07) is 3.05. The zero-order chi connectivity index (χ0) is 15.7. The van der Waals surface area contributed by atoms with E-state index in [1.165, 1.54) is 25.5 Å². The maximum atomic E-state index is 12.4. The van der Waals surface area contributed by atoms with Gasteiger partial charge in [-0.25, -0.2) is 8.42 Å². The Kier molecular flexibility index (Phi) is 7.43. The van der Waals surface area contributed by atoms with Crippen LogP contribution < -0.4 is 5.32 Å². The maximum absolute atomic E-state index is 12.4. The molecule has 3 heterocycles. The van der Waals surface area contributed by atoms with Crippen molar-refractivity contribution in [2.24, 2.45) is 11.8 Å². The van der Waals surface area contributed by atoms with Crippen molar-refractivity contribution in [1.82, 2.24) is 19.5 Å². The van der Waals surface area contributed by atoms with Gasteiger partial charge in [0.25, 0.3) is 0 Å². The van der Waals surface area contributed by atoms with E-state index in [0.717, 1.165) is 30.5 Å². The second-order valence-electron chi connectivity index (χ2n) is 5.93. The number of sulfonamides is 1. The average Bonchev–Trinajstić information content (AvgIpc) is 3.09. The van der Waals surface area contributed by atoms with Crippen LogP contribution in [0, 0.1) is 11.8 Å². The van der Waals surface area contributed by atoms with Crippen LogP contribution in [-0.2, 0) is 14.8 Å². The predicted octanol–water partition coefficient (Wildman–Crippen LogP) is 0.224. The molecule has 0 aromatic carbocycles. The SMILES string of the molecule is CN(CC(=O)N1C[C@H]2CNC[C@H]2C1)S(=O)(=O)c1cccnc1.Cl.Cl. The minimum atomic E-state index is -3.67. The number of amides is 1. The lowest BCUT2D eigenvalue weighted by molar-refractivity contribution is -0.130. The number of pyridine rings is 1. The van der Waals surface area contributed by atoms with E-state index in [1.54, 1.807) is 11.0 Å². The van der Waals surface area contributed by atoms with Gasteiger partial charge < -0.3 is 10.2 Å². The van der Waals surface area contributed by atoms with Crippen LogP contribution in [0.5, 0.6) is 0 Å². The summed E-state index contributed by atoms with van der Waals surface area (Å²) < 4.78 is 25.9. The number of hydrogen-bond donors (Lipinski definition) is 1. The largest absolute Gasteiger partial charge is 0.341 e. The maximum Gasteiger partial charge on any atom is 0.244 e. The van der Waals surface area contributed by atoms with E-state index in [9.17, 15) is 13.2 Å². The molecule has 0 spiro atoms. The number of likely N-dealkylation sites (tertiary alicyclic amines) is 1. The Hall–Kier alpha value is -0.930. The summed E-state index contributed by atoms with van der Waals surface area (Å²) in [5.74, 6) is 0.873. The predicted molar refractivity (Wildman–Crippen MR) is 95.0 cm³/mol. The number of carbonyl (C=O) groups is 1. The molecule has 1 N–H and O–H groups in total. The Bertz CT molecular complexity index is 647. The third-order valence-electron chi connectivity index (χ3n) is 4.44. The van der Waals surface area contributed by atoms with Gasteiger partial charge in [-0.2, -0.15) is 4.31 Å². The second-order valence-corrected chi connectivity index (χ2v) is 7.97. The number of nitrogens with zero attached hydrogens (tertiary/aromatic N) is 3. The third-order valence-corrected chi connectivity index (χ3v) is 6.23. The zero-order valence-electron chi connectivity index (χ0n) is 13.3. The summed E-state index contributed by atoms with van der Waals surface area (Å²) in [6.07, 6.45) is 2.81. The Labute approximate surface area is 154 Å². The number of hydrogen-bond acceptors (Lipinski definition) is 5. The van der Waals surface area contributed by atoms with Crippen molar-refractivity contribution in [3.8, 4) is 0 Å². The van der Waals surface area contributed by atoms with E-state index >= 15 is 0 Å². The molecule has 7 nitrogen and oxygen atoms in total. The molecule has 0 unspecified atom stereocenters. The number of carbonyl (C=O) groups excluding carboxylic acids is 1. The van der Waals surface area contributed by atoms with Crippen LogP contribution in [-0.4, -0.2) is 68.3 Å². The molecule has 1 aromatic rings. The first kappa shape index (κ1) is 21.1. The molecule has 10 heteroatoms. The third kappa shape index (κ3) is 4.18. The van der Waals surface area contributed by atoms with Gasteiger partial charge in [-0.1, -0.05) is 0 Å². The van der Waals surface area contributed by atoms with Crippen molar-refractivity contribution in [3.05, 3.63) is 24.5 Å². The Morgan fingerprint density at radius 2 is 1.96 bits per heavy atom. The highest BCUT2D eigenvalue weighted by molar-refractivity contribution is 7.89. The van der Waals surface area contributed by atoms with Crippen molar-refractivity contribution in [2.45, 2.75) is 4.90 Å². The van der Waals surface area contributed by atoms with Gasteiger partial charge in [0.15, 0.2) is 0 Å². The molecule has 0 aliphatic carbocycles. The fourth-order valence-electron chi connectivity index (χ4n) is 3.11. The minimum absolute atomic E-state index is 0. The summed E-state index contributed by atoms with van der Waals surface area (Å²) in [5.41, 5.74) is 0. The smallest absolute Gasteiger partial charge is 0.244 e. The average molecular weight is 397 g/mol. The highest BCUT2D eigenvalue weighted by Gasteiger charge is 2.38. The highest BCUT2D eigenvalue weighted by Crippen LogP contribution is 2.26. The van der Waals surface area contributed by atoms with E-state index in [1.807, 2.05) is 0 Å². The Morgan fingerprint density at radius 1 is 1.33 bits per heavy atom. The molecule has 0 radical (unpaired) electrons. The number of likely N-dealkylation sites (N-methyl/N-ethyl adjacent to an activating group) is 1. The fraction of sp³-hybridized carbons (Fsp3) is 0.571. The van der Waals surface area contributed by atoms with Crippen LogP contribution in [0.4, 0.5) is 0 Å². The van der Waals surface area contributed by atoms with Crippen LogP contribution >= 0.6 is 24.8 Å². The van der Waals surface area contributed by atoms with Gasteiger partial charge in [0.05, 0.1) is 6.54 Å². The normalized spacial score (nSPS) is 22.7. The van der Waals surface area contributed by atoms with Gasteiger partial charge in [0.1, 0.15) is 4.90 Å². The molecular formula is C14H22Cl2N4O3S. The molecule has 1 amide bonds. The first-order valence-electron chi connectivity index (χ1n) is 7.33. The lowest BCUT2D eigenvalue weighted by atomic mass is 10.0. The van der Waals surface area contributed by atoms with Gasteiger partial charge >= 0.3 is 0 Å². The van der Waals surface area contributed by atoms with Gasteiger partial charge in [0.2, 0.25) is 15.9 Å². The first-order chi connectivity index (χ1) is 10.5.